The van der Waals surface area contributed by atoms with Gasteiger partial charge in [0.2, 0.25) is 0 Å². The minimum Gasteiger partial charge on any atom is -0.458 e. The molecule has 1 fully saturated rings. The average Bonchev–Trinajstić information content (AvgIpc) is 3.26. The van der Waals surface area contributed by atoms with Crippen LogP contribution in [0, 0.1) is 0 Å². The number of rotatable bonds is 4. The molecule has 4 aromatic heterocycles. The van der Waals surface area contributed by atoms with Crippen LogP contribution in [-0.2, 0) is 13.5 Å². The summed E-state index contributed by atoms with van der Waals surface area (Å²) in [7, 11) is 1.80. The van der Waals surface area contributed by atoms with Gasteiger partial charge in [-0.15, -0.1) is 10.2 Å². The van der Waals surface area contributed by atoms with Crippen molar-refractivity contribution < 1.29 is 13.6 Å². The fourth-order valence-corrected chi connectivity index (χ4v) is 4.92. The van der Waals surface area contributed by atoms with Gasteiger partial charge in [0.15, 0.2) is 0 Å². The third-order valence-corrected chi connectivity index (χ3v) is 6.64. The summed E-state index contributed by atoms with van der Waals surface area (Å²) < 4.78 is 13.9. The van der Waals surface area contributed by atoms with Gasteiger partial charge >= 0.3 is 11.8 Å². The van der Waals surface area contributed by atoms with E-state index in [1.807, 2.05) is 18.2 Å². The maximum absolute atomic E-state index is 13.7. The minimum absolute atomic E-state index is 0.0630. The van der Waals surface area contributed by atoms with E-state index in [-0.39, 0.29) is 17.7 Å². The topological polar surface area (TPSA) is 119 Å². The van der Waals surface area contributed by atoms with Gasteiger partial charge in [-0.1, -0.05) is 18.2 Å². The van der Waals surface area contributed by atoms with Crippen molar-refractivity contribution in [3.8, 4) is 11.5 Å². The van der Waals surface area contributed by atoms with Crippen molar-refractivity contribution >= 4 is 16.9 Å². The first-order valence-electron chi connectivity index (χ1n) is 11.3. The van der Waals surface area contributed by atoms with Crippen LogP contribution in [0.5, 0.6) is 0 Å². The number of nitrogens with one attached hydrogen (secondary N) is 1. The molecule has 1 amide bonds. The second kappa shape index (κ2) is 7.14. The molecule has 0 spiro atoms. The Labute approximate surface area is 193 Å². The number of aromatic amines is 1. The number of para-hydroxylation sites is 1. The van der Waals surface area contributed by atoms with Crippen LogP contribution < -0.4 is 0 Å². The highest BCUT2D eigenvalue weighted by Gasteiger charge is 2.42. The molecule has 1 aliphatic heterocycles. The van der Waals surface area contributed by atoms with E-state index in [0.717, 1.165) is 41.0 Å². The van der Waals surface area contributed by atoms with E-state index in [2.05, 4.69) is 31.3 Å². The number of benzene rings is 1. The number of nitrogens with zero attached hydrogens (tertiary/aromatic N) is 6. The van der Waals surface area contributed by atoms with Crippen LogP contribution in [0.4, 0.5) is 0 Å². The summed E-state index contributed by atoms with van der Waals surface area (Å²) in [5, 5.41) is 13.4. The molecule has 0 bridgehead atoms. The van der Waals surface area contributed by atoms with Crippen LogP contribution in [0.15, 0.2) is 51.8 Å². The van der Waals surface area contributed by atoms with Crippen LogP contribution >= 0.6 is 0 Å². The first-order valence-corrected chi connectivity index (χ1v) is 11.3. The summed E-state index contributed by atoms with van der Waals surface area (Å²) in [6.07, 6.45) is 7.94. The number of H-pyrrole nitrogens is 1. The fraction of sp³-hybridized carbons (Fsp3) is 0.292. The zero-order valence-corrected chi connectivity index (χ0v) is 18.4. The number of hydrogen-bond acceptors (Lipinski definition) is 7. The van der Waals surface area contributed by atoms with Crippen LogP contribution in [-0.4, -0.2) is 47.3 Å². The summed E-state index contributed by atoms with van der Waals surface area (Å²) >= 11 is 0. The van der Waals surface area contributed by atoms with Gasteiger partial charge < -0.3 is 18.7 Å². The maximum Gasteiger partial charge on any atom is 0.312 e. The van der Waals surface area contributed by atoms with Gasteiger partial charge in [-0.3, -0.25) is 9.48 Å². The molecule has 1 N–H and O–H groups in total. The van der Waals surface area contributed by atoms with Crippen molar-refractivity contribution in [1.82, 2.24) is 34.8 Å². The standard InChI is InChI=1S/C24H21N7O3/c1-30-11-14(10-27-30)22-28-29-23(34-22)24(32)31-9-8-16-19(26-12-25-16)20(31)21-18(13-6-7-13)15-4-2-3-5-17(15)33-21/h2-5,10-13,20H,6-9H2,1H3,(H,25,26)/t20-/m0/s1. The maximum atomic E-state index is 13.7. The predicted molar refractivity (Wildman–Crippen MR) is 120 cm³/mol. The zero-order valence-electron chi connectivity index (χ0n) is 18.4. The Morgan fingerprint density at radius 1 is 1.18 bits per heavy atom. The highest BCUT2D eigenvalue weighted by atomic mass is 16.4. The summed E-state index contributed by atoms with van der Waals surface area (Å²) in [6.45, 7) is 0.477. The number of imidazole rings is 1. The molecule has 10 heteroatoms. The lowest BCUT2D eigenvalue weighted by atomic mass is 9.95. The van der Waals surface area contributed by atoms with Crippen molar-refractivity contribution in [1.29, 1.82) is 0 Å². The molecule has 2 aliphatic rings. The Bertz CT molecular complexity index is 1540. The zero-order chi connectivity index (χ0) is 22.8. The normalized spacial score (nSPS) is 17.9. The molecule has 1 atom stereocenters. The fourth-order valence-electron chi connectivity index (χ4n) is 4.92. The van der Waals surface area contributed by atoms with Crippen LogP contribution in [0.1, 0.15) is 58.2 Å². The minimum atomic E-state index is -0.473. The number of furan rings is 1. The Hall–Kier alpha value is -4.21. The molecule has 5 aromatic rings. The largest absolute Gasteiger partial charge is 0.458 e. The smallest absolute Gasteiger partial charge is 0.312 e. The predicted octanol–water partition coefficient (Wildman–Crippen LogP) is 3.60. The van der Waals surface area contributed by atoms with Crippen molar-refractivity contribution in [3.63, 3.8) is 0 Å². The Balaban J connectivity index is 1.33. The number of aromatic nitrogens is 6. The number of amides is 1. The average molecular weight is 455 g/mol. The summed E-state index contributed by atoms with van der Waals surface area (Å²) in [4.78, 5) is 23.3. The molecule has 34 heavy (non-hydrogen) atoms. The lowest BCUT2D eigenvalue weighted by molar-refractivity contribution is 0.0631. The Kier molecular flexibility index (Phi) is 4.05. The SMILES string of the molecule is Cn1cc(-c2nnc(C(=O)N3CCc4[nH]cnc4[C@H]3c3oc4ccccc4c3C3CC3)o2)cn1. The highest BCUT2D eigenvalue weighted by molar-refractivity contribution is 5.91. The molecular formula is C24H21N7O3. The number of aryl methyl sites for hydroxylation is 1. The van der Waals surface area contributed by atoms with E-state index in [1.165, 1.54) is 5.56 Å². The van der Waals surface area contributed by atoms with Gasteiger partial charge in [-0.25, -0.2) is 4.98 Å². The second-order valence-electron chi connectivity index (χ2n) is 8.88. The van der Waals surface area contributed by atoms with E-state index in [1.54, 1.807) is 35.4 Å². The number of fused-ring (bicyclic) bond motifs is 2. The lowest BCUT2D eigenvalue weighted by Gasteiger charge is -2.33. The van der Waals surface area contributed by atoms with E-state index in [4.69, 9.17) is 8.83 Å². The molecule has 0 radical (unpaired) electrons. The number of hydrogen-bond donors (Lipinski definition) is 1. The summed E-state index contributed by atoms with van der Waals surface area (Å²) in [5.74, 6) is 1.06. The molecule has 5 heterocycles. The number of carbonyl (C=O) groups is 1. The van der Waals surface area contributed by atoms with Crippen molar-refractivity contribution in [2.75, 3.05) is 6.54 Å². The van der Waals surface area contributed by atoms with Gasteiger partial charge in [0.1, 0.15) is 17.4 Å². The molecule has 0 unspecified atom stereocenters. The Morgan fingerprint density at radius 2 is 2.06 bits per heavy atom. The van der Waals surface area contributed by atoms with E-state index in [0.29, 0.717) is 24.4 Å². The third kappa shape index (κ3) is 2.91. The summed E-state index contributed by atoms with van der Waals surface area (Å²) in [5.41, 5.74) is 4.47. The highest BCUT2D eigenvalue weighted by Crippen LogP contribution is 2.50. The molecule has 0 saturated heterocycles. The van der Waals surface area contributed by atoms with Gasteiger partial charge in [-0.2, -0.15) is 5.10 Å². The van der Waals surface area contributed by atoms with E-state index < -0.39 is 6.04 Å². The quantitative estimate of drug-likeness (QED) is 0.440. The third-order valence-electron chi connectivity index (χ3n) is 6.64. The van der Waals surface area contributed by atoms with Gasteiger partial charge in [0.25, 0.3) is 5.89 Å². The van der Waals surface area contributed by atoms with Crippen LogP contribution in [0.2, 0.25) is 0 Å². The van der Waals surface area contributed by atoms with E-state index >= 15 is 0 Å². The first kappa shape index (κ1) is 19.3. The molecule has 1 aromatic carbocycles. The molecular weight excluding hydrogens is 434 g/mol. The summed E-state index contributed by atoms with van der Waals surface area (Å²) in [6, 6.07) is 7.58. The van der Waals surface area contributed by atoms with E-state index in [9.17, 15) is 4.79 Å². The molecule has 1 saturated carbocycles. The first-order chi connectivity index (χ1) is 16.7. The number of carbonyl (C=O) groups excluding carboxylic acids is 1. The van der Waals surface area contributed by atoms with Crippen LogP contribution in [0.3, 0.4) is 0 Å². The monoisotopic (exact) mass is 455 g/mol. The lowest BCUT2D eigenvalue weighted by Crippen LogP contribution is -2.41. The van der Waals surface area contributed by atoms with Crippen molar-refractivity contribution in [2.45, 2.75) is 31.2 Å². The van der Waals surface area contributed by atoms with Crippen molar-refractivity contribution in [3.05, 3.63) is 71.6 Å². The van der Waals surface area contributed by atoms with Crippen molar-refractivity contribution in [2.24, 2.45) is 7.05 Å². The van der Waals surface area contributed by atoms with Crippen LogP contribution in [0.25, 0.3) is 22.4 Å². The second-order valence-corrected chi connectivity index (χ2v) is 8.88. The Morgan fingerprint density at radius 3 is 2.88 bits per heavy atom. The molecule has 1 aliphatic carbocycles. The molecule has 10 nitrogen and oxygen atoms in total. The van der Waals surface area contributed by atoms with Gasteiger partial charge in [0.05, 0.1) is 23.8 Å². The van der Waals surface area contributed by atoms with Gasteiger partial charge in [-0.05, 0) is 24.8 Å². The van der Waals surface area contributed by atoms with Gasteiger partial charge in [0, 0.05) is 42.9 Å². The molecule has 170 valence electrons. The molecule has 7 rings (SSSR count).